The highest BCUT2D eigenvalue weighted by atomic mass is 32.1. The van der Waals surface area contributed by atoms with Crippen LogP contribution >= 0.6 is 11.3 Å². The summed E-state index contributed by atoms with van der Waals surface area (Å²) < 4.78 is 0. The van der Waals surface area contributed by atoms with Crippen LogP contribution in [0, 0.1) is 0 Å². The van der Waals surface area contributed by atoms with Crippen LogP contribution in [-0.2, 0) is 19.4 Å². The van der Waals surface area contributed by atoms with Gasteiger partial charge in [-0.25, -0.2) is 4.79 Å². The van der Waals surface area contributed by atoms with Gasteiger partial charge in [0.2, 0.25) is 0 Å². The van der Waals surface area contributed by atoms with Gasteiger partial charge in [0.05, 0.1) is 0 Å². The number of nitrogens with zero attached hydrogens (tertiary/aromatic N) is 2. The molecule has 0 saturated carbocycles. The fourth-order valence-corrected chi connectivity index (χ4v) is 4.68. The van der Waals surface area contributed by atoms with Crippen molar-refractivity contribution in [1.29, 1.82) is 0 Å². The van der Waals surface area contributed by atoms with Crippen LogP contribution in [0.3, 0.4) is 0 Å². The molecule has 0 aliphatic carbocycles. The number of thiophene rings is 1. The van der Waals surface area contributed by atoms with Crippen LogP contribution in [0.4, 0.5) is 10.5 Å². The number of fused-ring (bicyclic) bond motifs is 2. The summed E-state index contributed by atoms with van der Waals surface area (Å²) in [7, 11) is 0. The van der Waals surface area contributed by atoms with Gasteiger partial charge in [0.1, 0.15) is 0 Å². The number of benzene rings is 1. The van der Waals surface area contributed by atoms with Crippen LogP contribution in [-0.4, -0.2) is 36.6 Å². The molecule has 1 aromatic carbocycles. The second-order valence-corrected chi connectivity index (χ2v) is 7.65. The number of rotatable bonds is 3. The largest absolute Gasteiger partial charge is 0.367 e. The summed E-state index contributed by atoms with van der Waals surface area (Å²) in [6.45, 7) is 5.37. The van der Waals surface area contributed by atoms with Crippen molar-refractivity contribution < 1.29 is 4.79 Å². The third-order valence-corrected chi connectivity index (χ3v) is 6.10. The number of carbonyl (C=O) groups is 1. The summed E-state index contributed by atoms with van der Waals surface area (Å²) in [5.74, 6) is 0. The van der Waals surface area contributed by atoms with Crippen LogP contribution in [0.5, 0.6) is 0 Å². The second kappa shape index (κ2) is 6.48. The van der Waals surface area contributed by atoms with Crippen molar-refractivity contribution in [1.82, 2.24) is 10.2 Å². The highest BCUT2D eigenvalue weighted by Crippen LogP contribution is 2.31. The maximum absolute atomic E-state index is 12.4. The summed E-state index contributed by atoms with van der Waals surface area (Å²) in [5, 5.41) is 5.23. The summed E-state index contributed by atoms with van der Waals surface area (Å²) in [4.78, 5) is 18.2. The monoisotopic (exact) mass is 341 g/mol. The standard InChI is InChI=1S/C19H23N3OS/c1-14-12-15-4-2-3-5-17(15)22(14)10-8-20-19(23)21-9-6-18-16(13-21)7-11-24-18/h2-5,7,11,14H,6,8-10,12-13H2,1H3,(H,20,23)/t14-/m0/s1. The maximum Gasteiger partial charge on any atom is 0.317 e. The van der Waals surface area contributed by atoms with Crippen molar-refractivity contribution in [2.24, 2.45) is 0 Å². The average Bonchev–Trinajstić information content (AvgIpc) is 3.18. The average molecular weight is 341 g/mol. The first kappa shape index (κ1) is 15.5. The quantitative estimate of drug-likeness (QED) is 0.930. The number of carbonyl (C=O) groups excluding carboxylic acids is 1. The lowest BCUT2D eigenvalue weighted by molar-refractivity contribution is 0.193. The molecule has 1 atom stereocenters. The van der Waals surface area contributed by atoms with Crippen molar-refractivity contribution in [2.75, 3.05) is 24.5 Å². The highest BCUT2D eigenvalue weighted by Gasteiger charge is 2.25. The summed E-state index contributed by atoms with van der Waals surface area (Å²) in [5.41, 5.74) is 4.04. The molecule has 4 nitrogen and oxygen atoms in total. The van der Waals surface area contributed by atoms with Crippen molar-refractivity contribution in [3.63, 3.8) is 0 Å². The molecule has 0 radical (unpaired) electrons. The van der Waals surface area contributed by atoms with Gasteiger partial charge in [-0.15, -0.1) is 11.3 Å². The lowest BCUT2D eigenvalue weighted by Crippen LogP contribution is -2.45. The Hall–Kier alpha value is -2.01. The van der Waals surface area contributed by atoms with Gasteiger partial charge < -0.3 is 15.1 Å². The molecule has 0 unspecified atom stereocenters. The van der Waals surface area contributed by atoms with Gasteiger partial charge in [0, 0.05) is 42.8 Å². The number of anilines is 1. The van der Waals surface area contributed by atoms with E-state index in [0.717, 1.165) is 32.5 Å². The number of hydrogen-bond acceptors (Lipinski definition) is 3. The molecule has 0 saturated heterocycles. The van der Waals surface area contributed by atoms with Crippen LogP contribution in [0.15, 0.2) is 35.7 Å². The van der Waals surface area contributed by atoms with E-state index in [1.165, 1.54) is 21.7 Å². The van der Waals surface area contributed by atoms with Crippen molar-refractivity contribution >= 4 is 23.1 Å². The maximum atomic E-state index is 12.4. The molecule has 2 amide bonds. The van der Waals surface area contributed by atoms with E-state index < -0.39 is 0 Å². The third-order valence-electron chi connectivity index (χ3n) is 5.07. The molecule has 1 aromatic heterocycles. The van der Waals surface area contributed by atoms with Crippen molar-refractivity contribution in [3.05, 3.63) is 51.7 Å². The Kier molecular flexibility index (Phi) is 4.19. The van der Waals surface area contributed by atoms with E-state index in [9.17, 15) is 4.79 Å². The smallest absolute Gasteiger partial charge is 0.317 e. The second-order valence-electron chi connectivity index (χ2n) is 6.65. The van der Waals surface area contributed by atoms with Crippen LogP contribution in [0.2, 0.25) is 0 Å². The Morgan fingerprint density at radius 3 is 3.08 bits per heavy atom. The minimum atomic E-state index is 0.0620. The molecule has 2 aliphatic heterocycles. The summed E-state index contributed by atoms with van der Waals surface area (Å²) in [6.07, 6.45) is 2.08. The van der Waals surface area contributed by atoms with Gasteiger partial charge in [0.15, 0.2) is 0 Å². The number of para-hydroxylation sites is 1. The highest BCUT2D eigenvalue weighted by molar-refractivity contribution is 7.10. The molecule has 2 aliphatic rings. The van der Waals surface area contributed by atoms with Crippen LogP contribution < -0.4 is 10.2 Å². The lowest BCUT2D eigenvalue weighted by atomic mass is 10.1. The minimum Gasteiger partial charge on any atom is -0.367 e. The van der Waals surface area contributed by atoms with E-state index in [1.807, 2.05) is 4.90 Å². The number of nitrogens with one attached hydrogen (secondary N) is 1. The zero-order valence-electron chi connectivity index (χ0n) is 14.0. The van der Waals surface area contributed by atoms with E-state index in [2.05, 4.69) is 52.9 Å². The Labute approximate surface area is 147 Å². The Morgan fingerprint density at radius 2 is 2.17 bits per heavy atom. The van der Waals surface area contributed by atoms with Gasteiger partial charge in [-0.05, 0) is 48.4 Å². The number of amides is 2. The molecule has 1 N–H and O–H groups in total. The fourth-order valence-electron chi connectivity index (χ4n) is 3.79. The van der Waals surface area contributed by atoms with Gasteiger partial charge in [0.25, 0.3) is 0 Å². The van der Waals surface area contributed by atoms with Crippen molar-refractivity contribution in [3.8, 4) is 0 Å². The summed E-state index contributed by atoms with van der Waals surface area (Å²) in [6, 6.07) is 11.3. The number of urea groups is 1. The van der Waals surface area contributed by atoms with Gasteiger partial charge in [-0.2, -0.15) is 0 Å². The third kappa shape index (κ3) is 2.88. The normalized spacial score (nSPS) is 19.1. The molecule has 24 heavy (non-hydrogen) atoms. The molecule has 0 fully saturated rings. The zero-order valence-corrected chi connectivity index (χ0v) is 14.8. The van der Waals surface area contributed by atoms with Gasteiger partial charge in [-0.1, -0.05) is 18.2 Å². The van der Waals surface area contributed by atoms with Crippen LogP contribution in [0.25, 0.3) is 0 Å². The molecular formula is C19H23N3OS. The predicted molar refractivity (Wildman–Crippen MR) is 98.8 cm³/mol. The minimum absolute atomic E-state index is 0.0620. The lowest BCUT2D eigenvalue weighted by Gasteiger charge is -2.29. The Morgan fingerprint density at radius 1 is 1.29 bits per heavy atom. The molecule has 0 spiro atoms. The van der Waals surface area contributed by atoms with E-state index in [0.29, 0.717) is 12.6 Å². The SMILES string of the molecule is C[C@H]1Cc2ccccc2N1CCNC(=O)N1CCc2sccc2C1. The Bertz CT molecular complexity index is 742. The molecular weight excluding hydrogens is 318 g/mol. The topological polar surface area (TPSA) is 35.6 Å². The van der Waals surface area contributed by atoms with Crippen molar-refractivity contribution in [2.45, 2.75) is 32.4 Å². The molecule has 3 heterocycles. The first-order valence-electron chi connectivity index (χ1n) is 8.65. The molecule has 126 valence electrons. The Balaban J connectivity index is 1.31. The van der Waals surface area contributed by atoms with E-state index in [4.69, 9.17) is 0 Å². The molecule has 5 heteroatoms. The van der Waals surface area contributed by atoms with Gasteiger partial charge >= 0.3 is 6.03 Å². The predicted octanol–water partition coefficient (Wildman–Crippen LogP) is 3.27. The number of hydrogen-bond donors (Lipinski definition) is 1. The van der Waals surface area contributed by atoms with E-state index in [-0.39, 0.29) is 6.03 Å². The molecule has 4 rings (SSSR count). The first-order chi connectivity index (χ1) is 11.7. The molecule has 0 bridgehead atoms. The van der Waals surface area contributed by atoms with E-state index >= 15 is 0 Å². The van der Waals surface area contributed by atoms with Gasteiger partial charge in [-0.3, -0.25) is 0 Å². The fraction of sp³-hybridized carbons (Fsp3) is 0.421. The van der Waals surface area contributed by atoms with Crippen LogP contribution in [0.1, 0.15) is 22.9 Å². The first-order valence-corrected chi connectivity index (χ1v) is 9.53. The molecule has 2 aromatic rings. The van der Waals surface area contributed by atoms with E-state index in [1.54, 1.807) is 11.3 Å². The summed E-state index contributed by atoms with van der Waals surface area (Å²) >= 11 is 1.80. The zero-order chi connectivity index (χ0) is 16.5.